The molecule has 0 saturated heterocycles. The molecule has 0 unspecified atom stereocenters. The van der Waals surface area contributed by atoms with Crippen molar-refractivity contribution in [3.63, 3.8) is 0 Å². The van der Waals surface area contributed by atoms with Crippen LogP contribution in [0.15, 0.2) is 24.3 Å². The molecule has 1 heterocycles. The van der Waals surface area contributed by atoms with E-state index in [4.69, 9.17) is 18.0 Å². The van der Waals surface area contributed by atoms with Gasteiger partial charge in [0.25, 0.3) is 0 Å². The van der Waals surface area contributed by atoms with Crippen molar-refractivity contribution in [1.29, 1.82) is 0 Å². The van der Waals surface area contributed by atoms with Crippen LogP contribution in [0.5, 0.6) is 0 Å². The number of rotatable bonds is 4. The molecular weight excluding hydrogens is 264 g/mol. The summed E-state index contributed by atoms with van der Waals surface area (Å²) in [5.41, 5.74) is 7.53. The molecule has 1 aromatic carbocycles. The highest BCUT2D eigenvalue weighted by molar-refractivity contribution is 7.80. The number of hydrogen-bond acceptors (Lipinski definition) is 5. The van der Waals surface area contributed by atoms with Crippen molar-refractivity contribution in [3.05, 3.63) is 35.7 Å². The first-order chi connectivity index (χ1) is 8.63. The van der Waals surface area contributed by atoms with E-state index >= 15 is 0 Å². The molecule has 0 aliphatic carbocycles. The average molecular weight is 278 g/mol. The molecule has 0 aliphatic rings. The summed E-state index contributed by atoms with van der Waals surface area (Å²) in [6.07, 6.45) is 0.835. The van der Waals surface area contributed by atoms with Gasteiger partial charge in [0.15, 0.2) is 0 Å². The van der Waals surface area contributed by atoms with Gasteiger partial charge in [-0.2, -0.15) is 4.37 Å². The number of aromatic nitrogens is 2. The van der Waals surface area contributed by atoms with E-state index < -0.39 is 0 Å². The van der Waals surface area contributed by atoms with Gasteiger partial charge in [-0.3, -0.25) is 0 Å². The molecule has 0 spiro atoms. The molecule has 94 valence electrons. The Labute approximate surface area is 116 Å². The fourth-order valence-electron chi connectivity index (χ4n) is 1.60. The highest BCUT2D eigenvalue weighted by atomic mass is 32.1. The molecule has 0 saturated carbocycles. The van der Waals surface area contributed by atoms with Gasteiger partial charge in [-0.15, -0.1) is 0 Å². The van der Waals surface area contributed by atoms with E-state index in [1.54, 1.807) is 0 Å². The minimum Gasteiger partial charge on any atom is -0.389 e. The third-order valence-corrected chi connectivity index (χ3v) is 3.64. The van der Waals surface area contributed by atoms with E-state index in [0.717, 1.165) is 28.6 Å². The monoisotopic (exact) mass is 278 g/mol. The van der Waals surface area contributed by atoms with Gasteiger partial charge in [-0.05, 0) is 12.1 Å². The molecule has 0 aliphatic heterocycles. The molecule has 0 atom stereocenters. The summed E-state index contributed by atoms with van der Waals surface area (Å²) in [7, 11) is 1.94. The summed E-state index contributed by atoms with van der Waals surface area (Å²) in [4.78, 5) is 6.81. The van der Waals surface area contributed by atoms with Crippen LogP contribution < -0.4 is 10.6 Å². The summed E-state index contributed by atoms with van der Waals surface area (Å²) in [5, 5.41) is 0.843. The predicted molar refractivity (Wildman–Crippen MR) is 79.7 cm³/mol. The molecular formula is C12H14N4S2. The second kappa shape index (κ2) is 5.41. The predicted octanol–water partition coefficient (Wildman–Crippen LogP) is 2.50. The zero-order valence-electron chi connectivity index (χ0n) is 10.3. The van der Waals surface area contributed by atoms with E-state index in [-0.39, 0.29) is 0 Å². The Hall–Kier alpha value is -1.53. The summed E-state index contributed by atoms with van der Waals surface area (Å²) in [5.74, 6) is 0.856. The van der Waals surface area contributed by atoms with Crippen LogP contribution in [0.3, 0.4) is 0 Å². The number of nitrogens with zero attached hydrogens (tertiary/aromatic N) is 3. The number of benzene rings is 1. The molecule has 0 fully saturated rings. The summed E-state index contributed by atoms with van der Waals surface area (Å²) in [6.45, 7) is 2.04. The largest absolute Gasteiger partial charge is 0.389 e. The fraction of sp³-hybridized carbons (Fsp3) is 0.250. The third-order valence-electron chi connectivity index (χ3n) is 2.59. The lowest BCUT2D eigenvalue weighted by molar-refractivity contribution is 0.989. The number of anilines is 2. The van der Waals surface area contributed by atoms with E-state index in [9.17, 15) is 0 Å². The second-order valence-electron chi connectivity index (χ2n) is 3.79. The molecule has 1 aromatic heterocycles. The van der Waals surface area contributed by atoms with Crippen molar-refractivity contribution in [1.82, 2.24) is 9.36 Å². The Balaban J connectivity index is 2.39. The van der Waals surface area contributed by atoms with Gasteiger partial charge in [0.1, 0.15) is 10.8 Å². The number of thiocarbonyl (C=S) groups is 1. The Morgan fingerprint density at radius 1 is 1.44 bits per heavy atom. The Bertz CT molecular complexity index is 565. The molecule has 6 heteroatoms. The van der Waals surface area contributed by atoms with Gasteiger partial charge in [0.05, 0.1) is 5.69 Å². The van der Waals surface area contributed by atoms with Crippen LogP contribution >= 0.6 is 23.8 Å². The molecule has 18 heavy (non-hydrogen) atoms. The van der Waals surface area contributed by atoms with Crippen LogP contribution in [0.1, 0.15) is 18.3 Å². The minimum atomic E-state index is 0.387. The highest BCUT2D eigenvalue weighted by Gasteiger charge is 2.14. The highest BCUT2D eigenvalue weighted by Crippen LogP contribution is 2.28. The topological polar surface area (TPSA) is 55.0 Å². The lowest BCUT2D eigenvalue weighted by Gasteiger charge is -2.18. The molecule has 4 nitrogen and oxygen atoms in total. The summed E-state index contributed by atoms with van der Waals surface area (Å²) < 4.78 is 4.28. The maximum absolute atomic E-state index is 5.73. The number of para-hydroxylation sites is 1. The molecule has 0 amide bonds. The standard InChI is InChI=1S/C12H14N4S2/c1-3-10-14-12(18-15-10)16(2)9-7-5-4-6-8(9)11(13)17/h4-7H,3H2,1-2H3,(H2,13,17). The molecule has 2 aromatic rings. The molecule has 0 bridgehead atoms. The molecule has 2 N–H and O–H groups in total. The first kappa shape index (κ1) is 12.9. The average Bonchev–Trinajstić information content (AvgIpc) is 2.86. The van der Waals surface area contributed by atoms with Crippen molar-refractivity contribution in [2.75, 3.05) is 11.9 Å². The Morgan fingerprint density at radius 3 is 2.78 bits per heavy atom. The van der Waals surface area contributed by atoms with Crippen LogP contribution in [0.2, 0.25) is 0 Å². The first-order valence-electron chi connectivity index (χ1n) is 5.58. The SMILES string of the molecule is CCc1nsc(N(C)c2ccccc2C(N)=S)n1. The lowest BCUT2D eigenvalue weighted by atomic mass is 10.1. The van der Waals surface area contributed by atoms with Crippen LogP contribution in [0.4, 0.5) is 10.8 Å². The quantitative estimate of drug-likeness (QED) is 0.871. The Morgan fingerprint density at radius 2 is 2.17 bits per heavy atom. The molecule has 2 rings (SSSR count). The van der Waals surface area contributed by atoms with Crippen molar-refractivity contribution < 1.29 is 0 Å². The van der Waals surface area contributed by atoms with Crippen LogP contribution in [0.25, 0.3) is 0 Å². The van der Waals surface area contributed by atoms with Gasteiger partial charge in [-0.1, -0.05) is 31.3 Å². The van der Waals surface area contributed by atoms with Crippen molar-refractivity contribution in [3.8, 4) is 0 Å². The van der Waals surface area contributed by atoms with E-state index in [1.807, 2.05) is 43.1 Å². The van der Waals surface area contributed by atoms with Crippen molar-refractivity contribution in [2.45, 2.75) is 13.3 Å². The number of hydrogen-bond donors (Lipinski definition) is 1. The fourth-order valence-corrected chi connectivity index (χ4v) is 2.50. The zero-order valence-corrected chi connectivity index (χ0v) is 11.9. The Kier molecular flexibility index (Phi) is 3.88. The third kappa shape index (κ3) is 2.49. The summed E-state index contributed by atoms with van der Waals surface area (Å²) in [6, 6.07) is 7.76. The maximum atomic E-state index is 5.73. The van der Waals surface area contributed by atoms with Gasteiger partial charge < -0.3 is 10.6 Å². The van der Waals surface area contributed by atoms with Crippen molar-refractivity contribution in [2.24, 2.45) is 5.73 Å². The normalized spacial score (nSPS) is 10.3. The van der Waals surface area contributed by atoms with Gasteiger partial charge in [0, 0.05) is 30.6 Å². The van der Waals surface area contributed by atoms with Crippen molar-refractivity contribution >= 4 is 39.6 Å². The zero-order chi connectivity index (χ0) is 13.1. The van der Waals surface area contributed by atoms with E-state index in [2.05, 4.69) is 9.36 Å². The molecule has 0 radical (unpaired) electrons. The van der Waals surface area contributed by atoms with E-state index in [1.165, 1.54) is 11.5 Å². The van der Waals surface area contributed by atoms with Gasteiger partial charge in [-0.25, -0.2) is 4.98 Å². The van der Waals surface area contributed by atoms with Crippen LogP contribution in [-0.2, 0) is 6.42 Å². The summed E-state index contributed by atoms with van der Waals surface area (Å²) >= 11 is 6.44. The number of aryl methyl sites for hydroxylation is 1. The van der Waals surface area contributed by atoms with Gasteiger partial charge in [0.2, 0.25) is 5.13 Å². The second-order valence-corrected chi connectivity index (χ2v) is 4.96. The smallest absolute Gasteiger partial charge is 0.209 e. The van der Waals surface area contributed by atoms with E-state index in [0.29, 0.717) is 4.99 Å². The minimum absolute atomic E-state index is 0.387. The van der Waals surface area contributed by atoms with Crippen LogP contribution in [-0.4, -0.2) is 21.4 Å². The van der Waals surface area contributed by atoms with Gasteiger partial charge >= 0.3 is 0 Å². The number of nitrogens with two attached hydrogens (primary N) is 1. The maximum Gasteiger partial charge on any atom is 0.209 e. The lowest BCUT2D eigenvalue weighted by Crippen LogP contribution is -2.17. The first-order valence-corrected chi connectivity index (χ1v) is 6.76. The van der Waals surface area contributed by atoms with Crippen LogP contribution in [0, 0.1) is 0 Å².